The summed E-state index contributed by atoms with van der Waals surface area (Å²) in [5, 5.41) is 8.63. The Labute approximate surface area is 183 Å². The van der Waals surface area contributed by atoms with Crippen molar-refractivity contribution in [1.82, 2.24) is 5.43 Å². The minimum Gasteiger partial charge on any atom is -0.483 e. The summed E-state index contributed by atoms with van der Waals surface area (Å²) in [6.07, 6.45) is 2.64. The van der Waals surface area contributed by atoms with Crippen LogP contribution in [0.1, 0.15) is 18.1 Å². The van der Waals surface area contributed by atoms with Gasteiger partial charge in [0.2, 0.25) is 0 Å². The molecule has 1 amide bonds. The molecule has 0 aliphatic heterocycles. The maximum atomic E-state index is 12.2. The molecule has 5 heteroatoms. The van der Waals surface area contributed by atoms with Gasteiger partial charge in [0.05, 0.1) is 10.7 Å². The predicted octanol–water partition coefficient (Wildman–Crippen LogP) is 5.85. The van der Waals surface area contributed by atoms with Gasteiger partial charge in [0.15, 0.2) is 6.61 Å². The fourth-order valence-corrected chi connectivity index (χ4v) is 3.95. The lowest BCUT2D eigenvalue weighted by Gasteiger charge is -2.09. The smallest absolute Gasteiger partial charge is 0.277 e. The van der Waals surface area contributed by atoms with Gasteiger partial charge in [0.1, 0.15) is 5.75 Å². The molecule has 0 aliphatic rings. The summed E-state index contributed by atoms with van der Waals surface area (Å²) in [4.78, 5) is 12.2. The van der Waals surface area contributed by atoms with Gasteiger partial charge in [-0.2, -0.15) is 5.10 Å². The Morgan fingerprint density at radius 2 is 1.67 bits per heavy atom. The van der Waals surface area contributed by atoms with Crippen LogP contribution in [0.25, 0.3) is 21.5 Å². The van der Waals surface area contributed by atoms with Crippen molar-refractivity contribution in [2.24, 2.45) is 5.10 Å². The third-order valence-electron chi connectivity index (χ3n) is 4.96. The van der Waals surface area contributed by atoms with E-state index in [-0.39, 0.29) is 12.5 Å². The molecule has 0 saturated carbocycles. The van der Waals surface area contributed by atoms with E-state index in [0.717, 1.165) is 38.0 Å². The third kappa shape index (κ3) is 4.36. The number of hydrazone groups is 1. The largest absolute Gasteiger partial charge is 0.483 e. The highest BCUT2D eigenvalue weighted by atomic mass is 79.9. The first-order valence-electron chi connectivity index (χ1n) is 9.79. The molecule has 30 heavy (non-hydrogen) atoms. The number of carbonyl (C=O) groups excluding carboxylic acids is 1. The molecule has 4 nitrogen and oxygen atoms in total. The lowest BCUT2D eigenvalue weighted by molar-refractivity contribution is -0.123. The average Bonchev–Trinajstić information content (AvgIpc) is 2.77. The molecule has 0 heterocycles. The van der Waals surface area contributed by atoms with E-state index in [1.807, 2.05) is 42.5 Å². The molecule has 0 unspecified atom stereocenters. The number of nitrogens with zero attached hydrogens (tertiary/aromatic N) is 1. The van der Waals surface area contributed by atoms with E-state index in [1.165, 1.54) is 5.56 Å². The van der Waals surface area contributed by atoms with Crippen molar-refractivity contribution in [3.63, 3.8) is 0 Å². The Balaban J connectivity index is 1.49. The minimum atomic E-state index is -0.317. The summed E-state index contributed by atoms with van der Waals surface area (Å²) >= 11 is 3.48. The highest BCUT2D eigenvalue weighted by Gasteiger charge is 2.07. The summed E-state index contributed by atoms with van der Waals surface area (Å²) in [5.41, 5.74) is 4.74. The van der Waals surface area contributed by atoms with Crippen LogP contribution in [-0.4, -0.2) is 18.7 Å². The van der Waals surface area contributed by atoms with E-state index >= 15 is 0 Å². The molecule has 0 aliphatic carbocycles. The second kappa shape index (κ2) is 9.09. The highest BCUT2D eigenvalue weighted by molar-refractivity contribution is 9.10. The molecule has 0 aromatic heterocycles. The normalized spacial score (nSPS) is 11.3. The van der Waals surface area contributed by atoms with Gasteiger partial charge in [0.25, 0.3) is 5.91 Å². The molecule has 1 N–H and O–H groups in total. The lowest BCUT2D eigenvalue weighted by atomic mass is 9.97. The van der Waals surface area contributed by atoms with Gasteiger partial charge in [-0.1, -0.05) is 61.5 Å². The minimum absolute atomic E-state index is 0.113. The second-order valence-corrected chi connectivity index (χ2v) is 7.79. The van der Waals surface area contributed by atoms with Crippen LogP contribution in [0.5, 0.6) is 5.75 Å². The highest BCUT2D eigenvalue weighted by Crippen LogP contribution is 2.27. The van der Waals surface area contributed by atoms with Crippen molar-refractivity contribution >= 4 is 49.6 Å². The van der Waals surface area contributed by atoms with E-state index in [1.54, 1.807) is 6.21 Å². The number of hydrogen-bond acceptors (Lipinski definition) is 3. The van der Waals surface area contributed by atoms with Crippen molar-refractivity contribution in [2.75, 3.05) is 6.61 Å². The van der Waals surface area contributed by atoms with Crippen molar-refractivity contribution in [3.8, 4) is 5.75 Å². The molecular weight excluding hydrogens is 440 g/mol. The lowest BCUT2D eigenvalue weighted by Crippen LogP contribution is -2.24. The number of halogens is 1. The maximum absolute atomic E-state index is 12.2. The van der Waals surface area contributed by atoms with E-state index < -0.39 is 0 Å². The van der Waals surface area contributed by atoms with Gasteiger partial charge < -0.3 is 4.74 Å². The molecule has 0 spiro atoms. The number of hydrogen-bond donors (Lipinski definition) is 1. The maximum Gasteiger partial charge on any atom is 0.277 e. The number of amides is 1. The molecule has 0 radical (unpaired) electrons. The number of aryl methyl sites for hydroxylation is 1. The Hall–Kier alpha value is -3.18. The van der Waals surface area contributed by atoms with E-state index in [2.05, 4.69) is 63.7 Å². The number of fused-ring (bicyclic) bond motifs is 2. The topological polar surface area (TPSA) is 50.7 Å². The van der Waals surface area contributed by atoms with Gasteiger partial charge in [-0.3, -0.25) is 4.79 Å². The molecular formula is C25H21BrN2O2. The fraction of sp³-hybridized carbons (Fsp3) is 0.120. The Morgan fingerprint density at radius 1 is 1.00 bits per heavy atom. The second-order valence-electron chi connectivity index (χ2n) is 6.93. The zero-order chi connectivity index (χ0) is 20.9. The van der Waals surface area contributed by atoms with Crippen LogP contribution in [-0.2, 0) is 11.2 Å². The predicted molar refractivity (Wildman–Crippen MR) is 126 cm³/mol. The van der Waals surface area contributed by atoms with Gasteiger partial charge in [-0.15, -0.1) is 0 Å². The first kappa shape index (κ1) is 20.1. The summed E-state index contributed by atoms with van der Waals surface area (Å²) in [7, 11) is 0. The number of carbonyl (C=O) groups is 1. The SMILES string of the molecule is CCc1ccc(OCC(=O)NN=Cc2c3ccccc3cc3ccccc23)c(Br)c1. The molecule has 4 aromatic rings. The van der Waals surface area contributed by atoms with Gasteiger partial charge >= 0.3 is 0 Å². The van der Waals surface area contributed by atoms with Crippen LogP contribution >= 0.6 is 15.9 Å². The van der Waals surface area contributed by atoms with Crippen LogP contribution in [0.15, 0.2) is 82.4 Å². The molecule has 150 valence electrons. The van der Waals surface area contributed by atoms with Crippen LogP contribution in [0.2, 0.25) is 0 Å². The van der Waals surface area contributed by atoms with E-state index in [9.17, 15) is 4.79 Å². The summed E-state index contributed by atoms with van der Waals surface area (Å²) < 4.78 is 6.44. The first-order valence-corrected chi connectivity index (χ1v) is 10.6. The van der Waals surface area contributed by atoms with E-state index in [0.29, 0.717) is 5.75 Å². The van der Waals surface area contributed by atoms with Gasteiger partial charge in [0, 0.05) is 5.56 Å². The molecule has 0 fully saturated rings. The Kier molecular flexibility index (Phi) is 6.10. The summed E-state index contributed by atoms with van der Waals surface area (Å²) in [6.45, 7) is 1.98. The summed E-state index contributed by atoms with van der Waals surface area (Å²) in [6, 6.07) is 24.3. The van der Waals surface area contributed by atoms with Crippen molar-refractivity contribution in [1.29, 1.82) is 0 Å². The van der Waals surface area contributed by atoms with Crippen molar-refractivity contribution in [3.05, 3.63) is 88.4 Å². The number of ether oxygens (including phenoxy) is 1. The quantitative estimate of drug-likeness (QED) is 0.223. The zero-order valence-electron chi connectivity index (χ0n) is 16.6. The third-order valence-corrected chi connectivity index (χ3v) is 5.58. The van der Waals surface area contributed by atoms with Gasteiger partial charge in [-0.25, -0.2) is 5.43 Å². The molecule has 4 aromatic carbocycles. The zero-order valence-corrected chi connectivity index (χ0v) is 18.1. The van der Waals surface area contributed by atoms with Crippen molar-refractivity contribution in [2.45, 2.75) is 13.3 Å². The van der Waals surface area contributed by atoms with E-state index in [4.69, 9.17) is 4.74 Å². The Morgan fingerprint density at radius 3 is 2.30 bits per heavy atom. The Bertz CT molecular complexity index is 1200. The fourth-order valence-electron chi connectivity index (χ4n) is 3.41. The number of rotatable bonds is 6. The average molecular weight is 461 g/mol. The molecule has 4 rings (SSSR count). The number of nitrogens with one attached hydrogen (secondary N) is 1. The standard InChI is InChI=1S/C25H21BrN2O2/c1-2-17-11-12-24(23(26)13-17)30-16-25(29)28-27-15-22-20-9-5-3-7-18(20)14-19-8-4-6-10-21(19)22/h3-15H,2,16H2,1H3,(H,28,29). The molecule has 0 saturated heterocycles. The summed E-state index contributed by atoms with van der Waals surface area (Å²) in [5.74, 6) is 0.314. The van der Waals surface area contributed by atoms with Crippen LogP contribution in [0.3, 0.4) is 0 Å². The van der Waals surface area contributed by atoms with Crippen LogP contribution in [0, 0.1) is 0 Å². The number of benzene rings is 4. The first-order chi connectivity index (χ1) is 14.7. The molecule has 0 bridgehead atoms. The van der Waals surface area contributed by atoms with Gasteiger partial charge in [-0.05, 0) is 67.7 Å². The van der Waals surface area contributed by atoms with Crippen molar-refractivity contribution < 1.29 is 9.53 Å². The molecule has 0 atom stereocenters. The monoisotopic (exact) mass is 460 g/mol. The van der Waals surface area contributed by atoms with Crippen LogP contribution in [0.4, 0.5) is 0 Å². The van der Waals surface area contributed by atoms with Crippen LogP contribution < -0.4 is 10.2 Å².